The first-order chi connectivity index (χ1) is 16.1. The van der Waals surface area contributed by atoms with Crippen LogP contribution in [0.2, 0.25) is 0 Å². The van der Waals surface area contributed by atoms with Gasteiger partial charge in [0, 0.05) is 5.69 Å². The molecule has 1 unspecified atom stereocenters. The number of anilines is 2. The van der Waals surface area contributed by atoms with Gasteiger partial charge in [0.25, 0.3) is 0 Å². The van der Waals surface area contributed by atoms with Crippen molar-refractivity contribution in [3.05, 3.63) is 120 Å². The molecular formula is C29H29N3O. The van der Waals surface area contributed by atoms with Crippen LogP contribution in [0.25, 0.3) is 0 Å². The molecule has 0 saturated carbocycles. The van der Waals surface area contributed by atoms with Crippen molar-refractivity contribution in [2.75, 3.05) is 17.7 Å². The Morgan fingerprint density at radius 1 is 0.727 bits per heavy atom. The van der Waals surface area contributed by atoms with Gasteiger partial charge in [0.05, 0.1) is 18.5 Å². The Kier molecular flexibility index (Phi) is 7.06. The Balaban J connectivity index is 1.80. The Hall–Kier alpha value is -4.05. The normalized spacial score (nSPS) is 12.2. The Labute approximate surface area is 196 Å². The van der Waals surface area contributed by atoms with Gasteiger partial charge in [0.1, 0.15) is 17.6 Å². The van der Waals surface area contributed by atoms with Crippen LogP contribution in [-0.2, 0) is 0 Å². The molecule has 0 aromatic heterocycles. The Bertz CT molecular complexity index is 1200. The van der Waals surface area contributed by atoms with Gasteiger partial charge in [-0.15, -0.1) is 0 Å². The molecule has 2 N–H and O–H groups in total. The number of para-hydroxylation sites is 2. The van der Waals surface area contributed by atoms with Crippen LogP contribution in [0.1, 0.15) is 22.7 Å². The summed E-state index contributed by atoms with van der Waals surface area (Å²) in [5.74, 6) is 1.57. The lowest BCUT2D eigenvalue weighted by molar-refractivity contribution is 0.416. The molecule has 33 heavy (non-hydrogen) atoms. The van der Waals surface area contributed by atoms with Crippen molar-refractivity contribution in [1.82, 2.24) is 0 Å². The molecule has 0 spiro atoms. The van der Waals surface area contributed by atoms with Crippen LogP contribution in [-0.4, -0.2) is 12.9 Å². The number of amidine groups is 1. The maximum Gasteiger partial charge on any atom is 0.141 e. The van der Waals surface area contributed by atoms with E-state index in [4.69, 9.17) is 9.73 Å². The first-order valence-electron chi connectivity index (χ1n) is 11.1. The summed E-state index contributed by atoms with van der Waals surface area (Å²) in [6.07, 6.45) is 0. The van der Waals surface area contributed by atoms with Crippen molar-refractivity contribution in [3.8, 4) is 5.75 Å². The van der Waals surface area contributed by atoms with Crippen LogP contribution in [0.4, 0.5) is 17.1 Å². The highest BCUT2D eigenvalue weighted by Crippen LogP contribution is 2.30. The highest BCUT2D eigenvalue weighted by Gasteiger charge is 2.20. The number of methoxy groups -OCH3 is 1. The molecule has 0 amide bonds. The fraction of sp³-hybridized carbons (Fsp3) is 0.138. The van der Waals surface area contributed by atoms with E-state index in [0.29, 0.717) is 0 Å². The number of nitrogens with zero attached hydrogens (tertiary/aromatic N) is 1. The van der Waals surface area contributed by atoms with Gasteiger partial charge in [-0.1, -0.05) is 77.9 Å². The molecule has 4 rings (SSSR count). The largest absolute Gasteiger partial charge is 0.495 e. The number of hydrogen-bond acceptors (Lipinski definition) is 3. The van der Waals surface area contributed by atoms with Gasteiger partial charge in [-0.3, -0.25) is 0 Å². The second-order valence-corrected chi connectivity index (χ2v) is 8.01. The van der Waals surface area contributed by atoms with Crippen molar-refractivity contribution in [2.45, 2.75) is 19.9 Å². The first kappa shape index (κ1) is 22.2. The van der Waals surface area contributed by atoms with Crippen LogP contribution in [0.5, 0.6) is 5.75 Å². The molecule has 0 saturated heterocycles. The minimum absolute atomic E-state index is 0.231. The zero-order valence-electron chi connectivity index (χ0n) is 19.2. The summed E-state index contributed by atoms with van der Waals surface area (Å²) >= 11 is 0. The lowest BCUT2D eigenvalue weighted by atomic mass is 10.0. The molecule has 0 heterocycles. The molecule has 1 atom stereocenters. The first-order valence-corrected chi connectivity index (χ1v) is 11.1. The van der Waals surface area contributed by atoms with Crippen LogP contribution < -0.4 is 15.4 Å². The zero-order chi connectivity index (χ0) is 23.0. The summed E-state index contributed by atoms with van der Waals surface area (Å²) in [6, 6.07) is 34.6. The number of ether oxygens (including phenoxy) is 1. The summed E-state index contributed by atoms with van der Waals surface area (Å²) in [5.41, 5.74) is 6.27. The van der Waals surface area contributed by atoms with Crippen molar-refractivity contribution < 1.29 is 4.74 Å². The van der Waals surface area contributed by atoms with Gasteiger partial charge in [-0.05, 0) is 55.8 Å². The van der Waals surface area contributed by atoms with Gasteiger partial charge >= 0.3 is 0 Å². The van der Waals surface area contributed by atoms with Crippen molar-refractivity contribution in [2.24, 2.45) is 4.99 Å². The molecule has 4 aromatic rings. The Morgan fingerprint density at radius 2 is 1.33 bits per heavy atom. The molecule has 0 aliphatic rings. The molecule has 166 valence electrons. The van der Waals surface area contributed by atoms with E-state index in [-0.39, 0.29) is 6.04 Å². The second kappa shape index (κ2) is 10.5. The average molecular weight is 436 g/mol. The molecule has 0 aliphatic carbocycles. The van der Waals surface area contributed by atoms with Crippen LogP contribution in [0.3, 0.4) is 0 Å². The Morgan fingerprint density at radius 3 is 2.00 bits per heavy atom. The number of aryl methyl sites for hydroxylation is 2. The van der Waals surface area contributed by atoms with E-state index >= 15 is 0 Å². The van der Waals surface area contributed by atoms with Crippen molar-refractivity contribution in [1.29, 1.82) is 0 Å². The smallest absolute Gasteiger partial charge is 0.141 e. The molecule has 4 nitrogen and oxygen atoms in total. The average Bonchev–Trinajstić information content (AvgIpc) is 2.85. The molecule has 0 bridgehead atoms. The maximum atomic E-state index is 5.60. The molecule has 0 fully saturated rings. The minimum atomic E-state index is -0.231. The van der Waals surface area contributed by atoms with E-state index in [1.165, 1.54) is 11.1 Å². The zero-order valence-corrected chi connectivity index (χ0v) is 19.2. The topological polar surface area (TPSA) is 45.6 Å². The summed E-state index contributed by atoms with van der Waals surface area (Å²) in [5, 5.41) is 7.23. The van der Waals surface area contributed by atoms with Gasteiger partial charge in [0.15, 0.2) is 0 Å². The minimum Gasteiger partial charge on any atom is -0.495 e. The number of aliphatic imine (C=N–C) groups is 1. The maximum absolute atomic E-state index is 5.60. The third-order valence-electron chi connectivity index (χ3n) is 5.42. The summed E-state index contributed by atoms with van der Waals surface area (Å²) in [7, 11) is 1.68. The SMILES string of the molecule is COc1ccccc1NC(C(=Nc1ccc(C)cc1)Nc1ccc(C)cc1)c1ccccc1. The summed E-state index contributed by atoms with van der Waals surface area (Å²) < 4.78 is 5.60. The monoisotopic (exact) mass is 435 g/mol. The van der Waals surface area contributed by atoms with Gasteiger partial charge in [-0.25, -0.2) is 4.99 Å². The summed E-state index contributed by atoms with van der Waals surface area (Å²) in [4.78, 5) is 5.05. The quantitative estimate of drug-likeness (QED) is 0.236. The van der Waals surface area contributed by atoms with Gasteiger partial charge < -0.3 is 15.4 Å². The third-order valence-corrected chi connectivity index (χ3v) is 5.42. The van der Waals surface area contributed by atoms with E-state index in [0.717, 1.165) is 34.2 Å². The van der Waals surface area contributed by atoms with Crippen LogP contribution in [0.15, 0.2) is 108 Å². The number of nitrogens with one attached hydrogen (secondary N) is 2. The molecular weight excluding hydrogens is 406 g/mol. The predicted molar refractivity (Wildman–Crippen MR) is 139 cm³/mol. The van der Waals surface area contributed by atoms with E-state index in [1.54, 1.807) is 7.11 Å². The van der Waals surface area contributed by atoms with Gasteiger partial charge in [0.2, 0.25) is 0 Å². The third kappa shape index (κ3) is 5.80. The molecule has 0 aliphatic heterocycles. The molecule has 4 aromatic carbocycles. The van der Waals surface area contributed by atoms with Crippen molar-refractivity contribution in [3.63, 3.8) is 0 Å². The number of hydrogen-bond donors (Lipinski definition) is 2. The standard InChI is InChI=1S/C29H29N3O/c1-21-13-17-24(18-14-21)30-29(31-25-19-15-22(2)16-20-25)28(23-9-5-4-6-10-23)32-26-11-7-8-12-27(26)33-3/h4-20,28,32H,1-3H3,(H,30,31). The number of rotatable bonds is 7. The van der Waals surface area contributed by atoms with Crippen molar-refractivity contribution >= 4 is 22.9 Å². The van der Waals surface area contributed by atoms with E-state index in [2.05, 4.69) is 73.0 Å². The second-order valence-electron chi connectivity index (χ2n) is 8.01. The highest BCUT2D eigenvalue weighted by molar-refractivity contribution is 6.03. The summed E-state index contributed by atoms with van der Waals surface area (Å²) in [6.45, 7) is 4.16. The highest BCUT2D eigenvalue weighted by atomic mass is 16.5. The van der Waals surface area contributed by atoms with Gasteiger partial charge in [-0.2, -0.15) is 0 Å². The van der Waals surface area contributed by atoms with E-state index in [9.17, 15) is 0 Å². The lowest BCUT2D eigenvalue weighted by Gasteiger charge is -2.25. The fourth-order valence-corrected chi connectivity index (χ4v) is 3.58. The van der Waals surface area contributed by atoms with Crippen LogP contribution in [0, 0.1) is 13.8 Å². The van der Waals surface area contributed by atoms with Crippen LogP contribution >= 0.6 is 0 Å². The van der Waals surface area contributed by atoms with E-state index in [1.807, 2.05) is 54.6 Å². The molecule has 0 radical (unpaired) electrons. The molecule has 4 heteroatoms. The lowest BCUT2D eigenvalue weighted by Crippen LogP contribution is -2.27. The van der Waals surface area contributed by atoms with E-state index < -0.39 is 0 Å². The predicted octanol–water partition coefficient (Wildman–Crippen LogP) is 7.31. The number of benzene rings is 4. The fourth-order valence-electron chi connectivity index (χ4n) is 3.58.